The third-order valence-electron chi connectivity index (χ3n) is 5.52. The first-order valence-corrected chi connectivity index (χ1v) is 9.44. The summed E-state index contributed by atoms with van der Waals surface area (Å²) in [7, 11) is 0. The summed E-state index contributed by atoms with van der Waals surface area (Å²) in [5, 5.41) is 6.59. The third-order valence-corrected chi connectivity index (χ3v) is 5.52. The summed E-state index contributed by atoms with van der Waals surface area (Å²) in [5.74, 6) is 0.778. The van der Waals surface area contributed by atoms with Crippen molar-refractivity contribution >= 4 is 17.5 Å². The fraction of sp³-hybridized carbons (Fsp3) is 0.450. The van der Waals surface area contributed by atoms with Crippen molar-refractivity contribution in [2.45, 2.75) is 38.9 Å². The van der Waals surface area contributed by atoms with Crippen molar-refractivity contribution in [3.05, 3.63) is 48.0 Å². The molecule has 1 aromatic carbocycles. The molecule has 142 valence electrons. The van der Waals surface area contributed by atoms with Crippen LogP contribution in [0.4, 0.5) is 5.69 Å². The number of benzene rings is 1. The van der Waals surface area contributed by atoms with Gasteiger partial charge in [-0.05, 0) is 31.9 Å². The summed E-state index contributed by atoms with van der Waals surface area (Å²) in [6.45, 7) is 5.68. The van der Waals surface area contributed by atoms with E-state index in [1.807, 2.05) is 53.8 Å². The molecule has 7 heteroatoms. The smallest absolute Gasteiger partial charge is 0.255 e. The van der Waals surface area contributed by atoms with Crippen molar-refractivity contribution in [1.82, 2.24) is 19.8 Å². The summed E-state index contributed by atoms with van der Waals surface area (Å²) in [6.07, 6.45) is 5.29. The normalized spacial score (nSPS) is 22.7. The van der Waals surface area contributed by atoms with Crippen LogP contribution < -0.4 is 10.6 Å². The predicted molar refractivity (Wildman–Crippen MR) is 102 cm³/mol. The quantitative estimate of drug-likeness (QED) is 0.870. The summed E-state index contributed by atoms with van der Waals surface area (Å²) in [6, 6.07) is 7.50. The highest BCUT2D eigenvalue weighted by Crippen LogP contribution is 2.31. The Bertz CT molecular complexity index is 877. The van der Waals surface area contributed by atoms with Gasteiger partial charge in [0.25, 0.3) is 5.91 Å². The highest BCUT2D eigenvalue weighted by molar-refractivity contribution is 6.02. The average molecular weight is 367 g/mol. The molecule has 0 radical (unpaired) electrons. The monoisotopic (exact) mass is 367 g/mol. The van der Waals surface area contributed by atoms with Crippen LogP contribution in [0, 0.1) is 12.8 Å². The lowest BCUT2D eigenvalue weighted by Gasteiger charge is -2.47. The number of carbonyl (C=O) groups is 2. The number of anilines is 1. The van der Waals surface area contributed by atoms with Crippen LogP contribution in [0.2, 0.25) is 0 Å². The van der Waals surface area contributed by atoms with E-state index in [1.54, 1.807) is 6.20 Å². The number of rotatable bonds is 3. The molecule has 2 aromatic rings. The second kappa shape index (κ2) is 6.72. The van der Waals surface area contributed by atoms with E-state index in [-0.39, 0.29) is 17.7 Å². The Morgan fingerprint density at radius 1 is 1.33 bits per heavy atom. The standard InChI is InChI=1S/C20H25N5O2/c1-14(12-24-11-9-21-15(24)2)19(27)25-10-5-8-20(13-25)22-17-7-4-3-6-16(17)18(26)23-20/h3-4,6-7,9,11,14,22H,5,8,10,12-13H2,1-2H3,(H,23,26)/t14-,20+/m0/s1. The number of carbonyl (C=O) groups excluding carboxylic acids is 2. The van der Waals surface area contributed by atoms with Gasteiger partial charge in [0.05, 0.1) is 18.0 Å². The SMILES string of the molecule is Cc1nccn1C[C@H](C)C(=O)N1CCC[C@]2(C1)NC(=O)c1ccccc1N2. The van der Waals surface area contributed by atoms with Crippen molar-refractivity contribution in [3.63, 3.8) is 0 Å². The molecule has 1 aromatic heterocycles. The zero-order chi connectivity index (χ0) is 19.0. The number of imidazole rings is 1. The van der Waals surface area contributed by atoms with Crippen molar-refractivity contribution in [2.75, 3.05) is 18.4 Å². The van der Waals surface area contributed by atoms with Crippen molar-refractivity contribution < 1.29 is 9.59 Å². The summed E-state index contributed by atoms with van der Waals surface area (Å²) < 4.78 is 2.00. The van der Waals surface area contributed by atoms with Crippen LogP contribution >= 0.6 is 0 Å². The van der Waals surface area contributed by atoms with Gasteiger partial charge < -0.3 is 20.1 Å². The molecule has 4 rings (SSSR count). The van der Waals surface area contributed by atoms with Gasteiger partial charge in [-0.1, -0.05) is 19.1 Å². The van der Waals surface area contributed by atoms with E-state index in [9.17, 15) is 9.59 Å². The lowest BCUT2D eigenvalue weighted by Crippen LogP contribution is -2.66. The minimum atomic E-state index is -0.593. The molecular weight excluding hydrogens is 342 g/mol. The molecule has 2 N–H and O–H groups in total. The van der Waals surface area contributed by atoms with E-state index in [0.717, 1.165) is 24.4 Å². The number of nitrogens with zero attached hydrogens (tertiary/aromatic N) is 3. The Morgan fingerprint density at radius 3 is 2.93 bits per heavy atom. The molecule has 0 saturated carbocycles. The van der Waals surface area contributed by atoms with E-state index < -0.39 is 5.66 Å². The lowest BCUT2D eigenvalue weighted by molar-refractivity contribution is -0.137. The van der Waals surface area contributed by atoms with Crippen LogP contribution in [0.15, 0.2) is 36.7 Å². The molecule has 2 atom stereocenters. The molecular formula is C20H25N5O2. The molecule has 0 bridgehead atoms. The van der Waals surface area contributed by atoms with Crippen molar-refractivity contribution in [3.8, 4) is 0 Å². The number of piperidine rings is 1. The number of para-hydroxylation sites is 1. The molecule has 27 heavy (non-hydrogen) atoms. The van der Waals surface area contributed by atoms with Gasteiger partial charge in [0.1, 0.15) is 11.5 Å². The molecule has 2 amide bonds. The zero-order valence-corrected chi connectivity index (χ0v) is 15.7. The van der Waals surface area contributed by atoms with Crippen LogP contribution in [-0.4, -0.2) is 45.0 Å². The van der Waals surface area contributed by atoms with Gasteiger partial charge in [0, 0.05) is 31.2 Å². The Kier molecular flexibility index (Phi) is 4.37. The minimum absolute atomic E-state index is 0.0827. The van der Waals surface area contributed by atoms with Crippen LogP contribution in [-0.2, 0) is 11.3 Å². The van der Waals surface area contributed by atoms with E-state index in [2.05, 4.69) is 15.6 Å². The number of fused-ring (bicyclic) bond motifs is 1. The topological polar surface area (TPSA) is 79.3 Å². The predicted octanol–water partition coefficient (Wildman–Crippen LogP) is 2.00. The number of hydrogen-bond donors (Lipinski definition) is 2. The zero-order valence-electron chi connectivity index (χ0n) is 15.7. The largest absolute Gasteiger partial charge is 0.361 e. The number of amides is 2. The first kappa shape index (κ1) is 17.6. The molecule has 2 aliphatic rings. The Morgan fingerprint density at radius 2 is 2.15 bits per heavy atom. The first-order chi connectivity index (χ1) is 13.0. The molecule has 1 saturated heterocycles. The average Bonchev–Trinajstić information content (AvgIpc) is 3.05. The van der Waals surface area contributed by atoms with Crippen molar-refractivity contribution in [2.24, 2.45) is 5.92 Å². The highest BCUT2D eigenvalue weighted by Gasteiger charge is 2.42. The van der Waals surface area contributed by atoms with E-state index in [1.165, 1.54) is 0 Å². The van der Waals surface area contributed by atoms with Gasteiger partial charge in [-0.2, -0.15) is 0 Å². The minimum Gasteiger partial charge on any atom is -0.361 e. The van der Waals surface area contributed by atoms with E-state index in [4.69, 9.17) is 0 Å². The number of nitrogens with one attached hydrogen (secondary N) is 2. The summed E-state index contributed by atoms with van der Waals surface area (Å²) in [4.78, 5) is 31.7. The fourth-order valence-electron chi connectivity index (χ4n) is 4.09. The van der Waals surface area contributed by atoms with E-state index in [0.29, 0.717) is 25.2 Å². The number of likely N-dealkylation sites (tertiary alicyclic amines) is 1. The van der Waals surface area contributed by atoms with Gasteiger partial charge in [0.15, 0.2) is 0 Å². The van der Waals surface area contributed by atoms with Crippen molar-refractivity contribution in [1.29, 1.82) is 0 Å². The second-order valence-corrected chi connectivity index (χ2v) is 7.60. The van der Waals surface area contributed by atoms with Crippen LogP contribution in [0.1, 0.15) is 35.9 Å². The second-order valence-electron chi connectivity index (χ2n) is 7.60. The van der Waals surface area contributed by atoms with Crippen LogP contribution in [0.25, 0.3) is 0 Å². The lowest BCUT2D eigenvalue weighted by atomic mass is 9.92. The summed E-state index contributed by atoms with van der Waals surface area (Å²) in [5.41, 5.74) is 0.887. The van der Waals surface area contributed by atoms with Gasteiger partial charge in [-0.15, -0.1) is 0 Å². The van der Waals surface area contributed by atoms with Gasteiger partial charge in [-0.25, -0.2) is 4.98 Å². The summed E-state index contributed by atoms with van der Waals surface area (Å²) >= 11 is 0. The molecule has 1 fully saturated rings. The van der Waals surface area contributed by atoms with Gasteiger partial charge in [0.2, 0.25) is 5.91 Å². The maximum absolute atomic E-state index is 13.0. The van der Waals surface area contributed by atoms with E-state index >= 15 is 0 Å². The highest BCUT2D eigenvalue weighted by atomic mass is 16.2. The Balaban J connectivity index is 1.49. The maximum Gasteiger partial charge on any atom is 0.255 e. The van der Waals surface area contributed by atoms with Gasteiger partial charge >= 0.3 is 0 Å². The number of aryl methyl sites for hydroxylation is 1. The number of hydrogen-bond acceptors (Lipinski definition) is 4. The molecule has 1 spiro atoms. The maximum atomic E-state index is 13.0. The third kappa shape index (κ3) is 3.29. The molecule has 7 nitrogen and oxygen atoms in total. The van der Waals surface area contributed by atoms with Gasteiger partial charge in [-0.3, -0.25) is 9.59 Å². The Hall–Kier alpha value is -2.83. The van der Waals surface area contributed by atoms with Crippen LogP contribution in [0.3, 0.4) is 0 Å². The molecule has 3 heterocycles. The molecule has 0 aliphatic carbocycles. The first-order valence-electron chi connectivity index (χ1n) is 9.44. The fourth-order valence-corrected chi connectivity index (χ4v) is 4.09. The van der Waals surface area contributed by atoms with Crippen LogP contribution in [0.5, 0.6) is 0 Å². The molecule has 0 unspecified atom stereocenters. The Labute approximate surface area is 158 Å². The molecule has 2 aliphatic heterocycles. The number of aromatic nitrogens is 2.